The Morgan fingerprint density at radius 3 is 2.70 bits per heavy atom. The highest BCUT2D eigenvalue weighted by Gasteiger charge is 2.25. The fourth-order valence-electron chi connectivity index (χ4n) is 0.705. The Morgan fingerprint density at radius 1 is 1.60 bits per heavy atom. The predicted molar refractivity (Wildman–Crippen MR) is 34.9 cm³/mol. The van der Waals surface area contributed by atoms with Crippen molar-refractivity contribution in [3.63, 3.8) is 0 Å². The second-order valence-electron chi connectivity index (χ2n) is 2.18. The number of carbonyl (C=O) groups excluding carboxylic acids is 2. The van der Waals surface area contributed by atoms with E-state index in [0.717, 1.165) is 0 Å². The molecule has 1 unspecified atom stereocenters. The first-order chi connectivity index (χ1) is 4.63. The van der Waals surface area contributed by atoms with Gasteiger partial charge in [0.15, 0.2) is 5.78 Å². The highest BCUT2D eigenvalue weighted by molar-refractivity contribution is 6.15. The van der Waals surface area contributed by atoms with Crippen LogP contribution in [0.15, 0.2) is 11.8 Å². The van der Waals surface area contributed by atoms with Crippen LogP contribution in [0.25, 0.3) is 0 Å². The maximum atomic E-state index is 10.9. The highest BCUT2D eigenvalue weighted by atomic mass is 16.2. The molecule has 0 bridgehead atoms. The molecule has 4 nitrogen and oxygen atoms in total. The summed E-state index contributed by atoms with van der Waals surface area (Å²) in [5.41, 5.74) is 5.70. The van der Waals surface area contributed by atoms with Gasteiger partial charge >= 0.3 is 0 Å². The molecule has 1 rings (SSSR count). The SMILES string of the molecule is CC1=CNC(=O)C(N)C1=O. The van der Waals surface area contributed by atoms with E-state index < -0.39 is 11.9 Å². The first-order valence-corrected chi connectivity index (χ1v) is 2.90. The van der Waals surface area contributed by atoms with Gasteiger partial charge in [-0.25, -0.2) is 0 Å². The van der Waals surface area contributed by atoms with Gasteiger partial charge in [0.05, 0.1) is 0 Å². The van der Waals surface area contributed by atoms with Gasteiger partial charge in [0.1, 0.15) is 6.04 Å². The van der Waals surface area contributed by atoms with Crippen LogP contribution in [0.2, 0.25) is 0 Å². The van der Waals surface area contributed by atoms with Crippen LogP contribution in [-0.4, -0.2) is 17.7 Å². The smallest absolute Gasteiger partial charge is 0.248 e. The minimum absolute atomic E-state index is 0.302. The van der Waals surface area contributed by atoms with Crippen LogP contribution in [0.3, 0.4) is 0 Å². The number of nitrogens with one attached hydrogen (secondary N) is 1. The minimum atomic E-state index is -1.01. The summed E-state index contributed by atoms with van der Waals surface area (Å²) in [7, 11) is 0. The Morgan fingerprint density at radius 2 is 2.20 bits per heavy atom. The molecule has 1 aliphatic rings. The van der Waals surface area contributed by atoms with Crippen molar-refractivity contribution < 1.29 is 9.59 Å². The zero-order valence-corrected chi connectivity index (χ0v) is 5.55. The van der Waals surface area contributed by atoms with Gasteiger partial charge in [0.25, 0.3) is 0 Å². The Hall–Kier alpha value is -1.16. The van der Waals surface area contributed by atoms with Crippen molar-refractivity contribution in [2.45, 2.75) is 13.0 Å². The summed E-state index contributed by atoms with van der Waals surface area (Å²) >= 11 is 0. The first kappa shape index (κ1) is 6.95. The molecule has 0 fully saturated rings. The van der Waals surface area contributed by atoms with Crippen molar-refractivity contribution in [1.82, 2.24) is 5.32 Å². The zero-order chi connectivity index (χ0) is 7.72. The number of Topliss-reactive ketones (excluding diaryl/α,β-unsaturated/α-hetero) is 1. The number of ketones is 1. The van der Waals surface area contributed by atoms with E-state index in [1.165, 1.54) is 6.20 Å². The van der Waals surface area contributed by atoms with Crippen LogP contribution in [0.1, 0.15) is 6.92 Å². The van der Waals surface area contributed by atoms with Crippen LogP contribution in [0, 0.1) is 0 Å². The van der Waals surface area contributed by atoms with Crippen LogP contribution in [0.4, 0.5) is 0 Å². The molecule has 0 spiro atoms. The highest BCUT2D eigenvalue weighted by Crippen LogP contribution is 2.01. The van der Waals surface area contributed by atoms with E-state index in [9.17, 15) is 9.59 Å². The van der Waals surface area contributed by atoms with Crippen LogP contribution < -0.4 is 11.1 Å². The van der Waals surface area contributed by atoms with Crippen LogP contribution >= 0.6 is 0 Å². The molecule has 1 atom stereocenters. The lowest BCUT2D eigenvalue weighted by atomic mass is 10.0. The number of amides is 1. The normalized spacial score (nSPS) is 25.8. The molecule has 1 aliphatic heterocycles. The molecule has 0 aliphatic carbocycles. The number of nitrogens with two attached hydrogens (primary N) is 1. The first-order valence-electron chi connectivity index (χ1n) is 2.90. The van der Waals surface area contributed by atoms with Crippen molar-refractivity contribution in [2.75, 3.05) is 0 Å². The van der Waals surface area contributed by atoms with Gasteiger partial charge in [-0.15, -0.1) is 0 Å². The zero-order valence-electron chi connectivity index (χ0n) is 5.55. The molecule has 1 amide bonds. The Kier molecular flexibility index (Phi) is 1.55. The largest absolute Gasteiger partial charge is 0.331 e. The Labute approximate surface area is 58.1 Å². The molecule has 0 radical (unpaired) electrons. The second kappa shape index (κ2) is 2.22. The molecular weight excluding hydrogens is 132 g/mol. The van der Waals surface area contributed by atoms with Gasteiger partial charge in [-0.05, 0) is 6.92 Å². The van der Waals surface area contributed by atoms with E-state index in [1.807, 2.05) is 0 Å². The fourth-order valence-corrected chi connectivity index (χ4v) is 0.705. The van der Waals surface area contributed by atoms with Crippen LogP contribution in [-0.2, 0) is 9.59 Å². The average molecular weight is 140 g/mol. The molecule has 10 heavy (non-hydrogen) atoms. The molecule has 1 heterocycles. The quantitative estimate of drug-likeness (QED) is 0.420. The lowest BCUT2D eigenvalue weighted by Gasteiger charge is -2.14. The minimum Gasteiger partial charge on any atom is -0.331 e. The summed E-state index contributed by atoms with van der Waals surface area (Å²) in [6.07, 6.45) is 1.37. The third kappa shape index (κ3) is 0.930. The lowest BCUT2D eigenvalue weighted by molar-refractivity contribution is -0.128. The standard InChI is InChI=1S/C6H8N2O2/c1-3-2-8-6(10)4(7)5(3)9/h2,4H,7H2,1H3,(H,8,10). The van der Waals surface area contributed by atoms with Crippen molar-refractivity contribution >= 4 is 11.7 Å². The summed E-state index contributed by atoms with van der Waals surface area (Å²) in [5.74, 6) is -0.737. The van der Waals surface area contributed by atoms with Gasteiger partial charge in [-0.1, -0.05) is 0 Å². The molecule has 0 aromatic rings. The third-order valence-corrected chi connectivity index (χ3v) is 1.38. The maximum Gasteiger partial charge on any atom is 0.248 e. The summed E-state index contributed by atoms with van der Waals surface area (Å²) in [6.45, 7) is 1.61. The second-order valence-corrected chi connectivity index (χ2v) is 2.18. The number of carbonyl (C=O) groups is 2. The Bertz CT molecular complexity index is 220. The molecule has 0 saturated heterocycles. The monoisotopic (exact) mass is 140 g/mol. The summed E-state index contributed by atoms with van der Waals surface area (Å²) in [5, 5.41) is 2.37. The number of hydrogen-bond donors (Lipinski definition) is 2. The van der Waals surface area contributed by atoms with E-state index in [0.29, 0.717) is 5.57 Å². The predicted octanol–water partition coefficient (Wildman–Crippen LogP) is -1.08. The van der Waals surface area contributed by atoms with Crippen molar-refractivity contribution in [3.8, 4) is 0 Å². The number of hydrogen-bond acceptors (Lipinski definition) is 3. The van der Waals surface area contributed by atoms with Crippen LogP contribution in [0.5, 0.6) is 0 Å². The summed E-state index contributed by atoms with van der Waals surface area (Å²) < 4.78 is 0. The molecule has 0 aromatic carbocycles. The van der Waals surface area contributed by atoms with E-state index in [1.54, 1.807) is 6.92 Å². The summed E-state index contributed by atoms with van der Waals surface area (Å²) in [6, 6.07) is -1.01. The topological polar surface area (TPSA) is 72.2 Å². The van der Waals surface area contributed by atoms with Crippen molar-refractivity contribution in [1.29, 1.82) is 0 Å². The van der Waals surface area contributed by atoms with Gasteiger partial charge in [-0.2, -0.15) is 0 Å². The van der Waals surface area contributed by atoms with Gasteiger partial charge in [0.2, 0.25) is 5.91 Å². The van der Waals surface area contributed by atoms with Gasteiger partial charge < -0.3 is 11.1 Å². The summed E-state index contributed by atoms with van der Waals surface area (Å²) in [4.78, 5) is 21.5. The van der Waals surface area contributed by atoms with Crippen molar-refractivity contribution in [2.24, 2.45) is 5.73 Å². The van der Waals surface area contributed by atoms with Gasteiger partial charge in [0, 0.05) is 11.8 Å². The van der Waals surface area contributed by atoms with Gasteiger partial charge in [-0.3, -0.25) is 9.59 Å². The van der Waals surface area contributed by atoms with E-state index in [-0.39, 0.29) is 5.78 Å². The lowest BCUT2D eigenvalue weighted by Crippen LogP contribution is -2.48. The molecule has 0 aromatic heterocycles. The van der Waals surface area contributed by atoms with E-state index in [4.69, 9.17) is 5.73 Å². The van der Waals surface area contributed by atoms with E-state index in [2.05, 4.69) is 5.32 Å². The molecular formula is C6H8N2O2. The average Bonchev–Trinajstić information content (AvgIpc) is 1.93. The Balaban J connectivity index is 2.91. The molecule has 54 valence electrons. The molecule has 0 saturated carbocycles. The molecule has 3 N–H and O–H groups in total. The third-order valence-electron chi connectivity index (χ3n) is 1.38. The van der Waals surface area contributed by atoms with E-state index >= 15 is 0 Å². The molecule has 4 heteroatoms. The maximum absolute atomic E-state index is 10.9. The number of rotatable bonds is 0. The fraction of sp³-hybridized carbons (Fsp3) is 0.333. The van der Waals surface area contributed by atoms with Crippen molar-refractivity contribution in [3.05, 3.63) is 11.8 Å².